The second-order valence-corrected chi connectivity index (χ2v) is 10.8. The number of phenols is 1. The first-order chi connectivity index (χ1) is 19.5. The summed E-state index contributed by atoms with van der Waals surface area (Å²) in [6.45, 7) is 1.08. The number of rotatable bonds is 13. The summed E-state index contributed by atoms with van der Waals surface area (Å²) in [7, 11) is 0. The Labute approximate surface area is 239 Å². The summed E-state index contributed by atoms with van der Waals surface area (Å²) in [6, 6.07) is 21.1. The fraction of sp³-hybridized carbons (Fsp3) is 0.400. The largest absolute Gasteiger partial charge is 0.508 e. The molecule has 1 aliphatic heterocycles. The lowest BCUT2D eigenvalue weighted by Crippen LogP contribution is -2.41. The van der Waals surface area contributed by atoms with Crippen LogP contribution in [-0.2, 0) is 10.3 Å². The Morgan fingerprint density at radius 1 is 0.878 bits per heavy atom. The molecule has 0 amide bonds. The number of alkyl halides is 5. The van der Waals surface area contributed by atoms with Gasteiger partial charge < -0.3 is 24.4 Å². The van der Waals surface area contributed by atoms with E-state index in [0.717, 1.165) is 5.56 Å². The van der Waals surface area contributed by atoms with Crippen molar-refractivity contribution in [2.24, 2.45) is 0 Å². The third-order valence-corrected chi connectivity index (χ3v) is 7.89. The van der Waals surface area contributed by atoms with Gasteiger partial charge in [0.1, 0.15) is 29.5 Å². The van der Waals surface area contributed by atoms with Crippen LogP contribution in [-0.4, -0.2) is 60.2 Å². The summed E-state index contributed by atoms with van der Waals surface area (Å²) in [5.41, 5.74) is 0.710. The molecular weight excluding hydrogens is 567 g/mol. The molecule has 2 N–H and O–H groups in total. The monoisotopic (exact) mass is 598 g/mol. The highest BCUT2D eigenvalue weighted by molar-refractivity contribution is 7.99. The van der Waals surface area contributed by atoms with Gasteiger partial charge in [0, 0.05) is 17.7 Å². The maximum absolute atomic E-state index is 12.9. The van der Waals surface area contributed by atoms with E-state index in [1.165, 1.54) is 11.8 Å². The van der Waals surface area contributed by atoms with Crippen LogP contribution in [0.15, 0.2) is 72.8 Å². The SMILES string of the molecule is Oc1ccc(C2COc3ccccc3C2(O)c2ccc(OCCOCCSCCCC(F)(F)C(F)(F)F)cc2)cc1. The molecule has 1 heterocycles. The van der Waals surface area contributed by atoms with E-state index in [-0.39, 0.29) is 37.7 Å². The van der Waals surface area contributed by atoms with Gasteiger partial charge in [0.05, 0.1) is 25.7 Å². The van der Waals surface area contributed by atoms with Gasteiger partial charge in [-0.2, -0.15) is 33.7 Å². The molecule has 2 atom stereocenters. The number of thioether (sulfide) groups is 1. The van der Waals surface area contributed by atoms with Crippen LogP contribution >= 0.6 is 11.8 Å². The summed E-state index contributed by atoms with van der Waals surface area (Å²) >= 11 is 1.26. The Hall–Kier alpha value is -3.02. The number of fused-ring (bicyclic) bond motifs is 1. The second-order valence-electron chi connectivity index (χ2n) is 9.62. The summed E-state index contributed by atoms with van der Waals surface area (Å²) in [5.74, 6) is -3.13. The van der Waals surface area contributed by atoms with E-state index >= 15 is 0 Å². The predicted octanol–water partition coefficient (Wildman–Crippen LogP) is 6.91. The minimum Gasteiger partial charge on any atom is -0.508 e. The van der Waals surface area contributed by atoms with Gasteiger partial charge in [-0.3, -0.25) is 0 Å². The van der Waals surface area contributed by atoms with Crippen molar-refractivity contribution < 1.29 is 46.4 Å². The highest BCUT2D eigenvalue weighted by Crippen LogP contribution is 2.49. The molecule has 0 saturated heterocycles. The van der Waals surface area contributed by atoms with Crippen molar-refractivity contribution in [2.75, 3.05) is 37.9 Å². The van der Waals surface area contributed by atoms with E-state index in [1.807, 2.05) is 24.3 Å². The van der Waals surface area contributed by atoms with Crippen molar-refractivity contribution in [3.05, 3.63) is 89.5 Å². The lowest BCUT2D eigenvalue weighted by Gasteiger charge is -2.42. The van der Waals surface area contributed by atoms with Crippen molar-refractivity contribution in [1.29, 1.82) is 0 Å². The van der Waals surface area contributed by atoms with Crippen LogP contribution in [0.5, 0.6) is 17.2 Å². The van der Waals surface area contributed by atoms with Gasteiger partial charge in [-0.05, 0) is 53.6 Å². The lowest BCUT2D eigenvalue weighted by atomic mass is 9.72. The molecule has 4 rings (SSSR count). The first-order valence-electron chi connectivity index (χ1n) is 13.1. The molecule has 5 nitrogen and oxygen atoms in total. The number of aromatic hydroxyl groups is 1. The first kappa shape index (κ1) is 30.9. The molecule has 0 bridgehead atoms. The van der Waals surface area contributed by atoms with Gasteiger partial charge in [-0.1, -0.05) is 42.5 Å². The predicted molar refractivity (Wildman–Crippen MR) is 146 cm³/mol. The number of ether oxygens (including phenoxy) is 3. The molecule has 2 unspecified atom stereocenters. The highest BCUT2D eigenvalue weighted by Gasteiger charge is 2.56. The normalized spacial score (nSPS) is 18.9. The van der Waals surface area contributed by atoms with E-state index in [2.05, 4.69) is 0 Å². The number of benzene rings is 3. The van der Waals surface area contributed by atoms with Crippen molar-refractivity contribution in [3.8, 4) is 17.2 Å². The standard InChI is InChI=1S/C30H31F5O5S/c31-28(32,30(33,34)35)14-3-18-41-19-17-38-15-16-39-24-12-8-22(9-13-24)29(37)25-4-1-2-5-27(25)40-20-26(29)21-6-10-23(36)11-7-21/h1-2,4-13,26,36-37H,3,14-20H2. The van der Waals surface area contributed by atoms with E-state index in [4.69, 9.17) is 14.2 Å². The second kappa shape index (κ2) is 13.3. The van der Waals surface area contributed by atoms with Crippen LogP contribution in [0.4, 0.5) is 22.0 Å². The lowest BCUT2D eigenvalue weighted by molar-refractivity contribution is -0.284. The van der Waals surface area contributed by atoms with Gasteiger partial charge in [-0.15, -0.1) is 0 Å². The zero-order valence-corrected chi connectivity index (χ0v) is 22.9. The fourth-order valence-electron chi connectivity index (χ4n) is 4.67. The van der Waals surface area contributed by atoms with Crippen LogP contribution in [0.25, 0.3) is 0 Å². The van der Waals surface area contributed by atoms with Crippen molar-refractivity contribution in [3.63, 3.8) is 0 Å². The number of hydrogen-bond acceptors (Lipinski definition) is 6. The average molecular weight is 599 g/mol. The number of hydrogen-bond donors (Lipinski definition) is 2. The number of phenolic OH excluding ortho intramolecular Hbond substituents is 1. The Morgan fingerprint density at radius 2 is 1.59 bits per heavy atom. The number of aliphatic hydroxyl groups is 1. The molecule has 0 aliphatic carbocycles. The van der Waals surface area contributed by atoms with Gasteiger partial charge in [-0.25, -0.2) is 0 Å². The molecule has 41 heavy (non-hydrogen) atoms. The van der Waals surface area contributed by atoms with Crippen molar-refractivity contribution in [1.82, 2.24) is 0 Å². The quantitative estimate of drug-likeness (QED) is 0.165. The van der Waals surface area contributed by atoms with Gasteiger partial charge >= 0.3 is 12.1 Å². The minimum absolute atomic E-state index is 0.130. The smallest absolute Gasteiger partial charge is 0.453 e. The molecule has 0 saturated carbocycles. The van der Waals surface area contributed by atoms with E-state index in [1.54, 1.807) is 48.5 Å². The van der Waals surface area contributed by atoms with Gasteiger partial charge in [0.15, 0.2) is 0 Å². The van der Waals surface area contributed by atoms with Crippen LogP contribution in [0, 0.1) is 0 Å². The van der Waals surface area contributed by atoms with Crippen molar-refractivity contribution in [2.45, 2.75) is 36.5 Å². The Bertz CT molecular complexity index is 1250. The Kier molecular flexibility index (Phi) is 10.0. The molecule has 11 heteroatoms. The highest BCUT2D eigenvalue weighted by atomic mass is 32.2. The van der Waals surface area contributed by atoms with Gasteiger partial charge in [0.2, 0.25) is 0 Å². The maximum atomic E-state index is 12.9. The third-order valence-electron chi connectivity index (χ3n) is 6.86. The molecular formula is C30H31F5O5S. The van der Waals surface area contributed by atoms with Gasteiger partial charge in [0.25, 0.3) is 0 Å². The summed E-state index contributed by atoms with van der Waals surface area (Å²) in [6.07, 6.45) is -6.96. The molecule has 0 spiro atoms. The van der Waals surface area contributed by atoms with Crippen LogP contribution in [0.2, 0.25) is 0 Å². The average Bonchev–Trinajstić information content (AvgIpc) is 2.94. The molecule has 1 aliphatic rings. The third kappa shape index (κ3) is 7.44. The molecule has 0 radical (unpaired) electrons. The number of para-hydroxylation sites is 1. The first-order valence-corrected chi connectivity index (χ1v) is 14.2. The van der Waals surface area contributed by atoms with E-state index in [9.17, 15) is 32.2 Å². The summed E-state index contributed by atoms with van der Waals surface area (Å²) in [4.78, 5) is 0. The zero-order valence-electron chi connectivity index (χ0n) is 22.1. The minimum atomic E-state index is -5.51. The summed E-state index contributed by atoms with van der Waals surface area (Å²) in [5, 5.41) is 21.9. The Balaban J connectivity index is 1.26. The maximum Gasteiger partial charge on any atom is 0.453 e. The molecule has 3 aromatic carbocycles. The summed E-state index contributed by atoms with van der Waals surface area (Å²) < 4.78 is 79.4. The molecule has 0 fully saturated rings. The molecule has 0 aromatic heterocycles. The van der Waals surface area contributed by atoms with E-state index < -0.39 is 30.0 Å². The van der Waals surface area contributed by atoms with Crippen molar-refractivity contribution >= 4 is 11.8 Å². The van der Waals surface area contributed by atoms with Crippen LogP contribution < -0.4 is 9.47 Å². The van der Waals surface area contributed by atoms with Crippen LogP contribution in [0.1, 0.15) is 35.4 Å². The van der Waals surface area contributed by atoms with E-state index in [0.29, 0.717) is 35.0 Å². The zero-order chi connectivity index (χ0) is 29.5. The molecule has 222 valence electrons. The fourth-order valence-corrected chi connectivity index (χ4v) is 5.46. The molecule has 3 aromatic rings. The number of halogens is 5. The Morgan fingerprint density at radius 3 is 2.29 bits per heavy atom. The van der Waals surface area contributed by atoms with Crippen LogP contribution in [0.3, 0.4) is 0 Å². The topological polar surface area (TPSA) is 68.2 Å².